The Morgan fingerprint density at radius 1 is 1.22 bits per heavy atom. The fraction of sp³-hybridized carbons (Fsp3) is 0.278. The molecule has 2 unspecified atom stereocenters. The number of halogens is 4. The molecule has 0 aliphatic carbocycles. The summed E-state index contributed by atoms with van der Waals surface area (Å²) in [6, 6.07) is 6.81. The highest BCUT2D eigenvalue weighted by Crippen LogP contribution is 2.33. The summed E-state index contributed by atoms with van der Waals surface area (Å²) in [6.07, 6.45) is -5.68. The number of phosphoric acid groups is 1. The van der Waals surface area contributed by atoms with Gasteiger partial charge in [-0.15, -0.1) is 10.2 Å². The lowest BCUT2D eigenvalue weighted by Gasteiger charge is -2.22. The molecule has 1 aromatic carbocycles. The van der Waals surface area contributed by atoms with Crippen LogP contribution in [0.4, 0.5) is 28.0 Å². The molecular weight excluding hydrogens is 519 g/mol. The number of aliphatic hydroxyl groups is 1. The maximum absolute atomic E-state index is 14.7. The third kappa shape index (κ3) is 6.38. The molecule has 3 heterocycles. The molecule has 2 atom stereocenters. The van der Waals surface area contributed by atoms with E-state index < -0.39 is 44.7 Å². The zero-order chi connectivity index (χ0) is 26.8. The average Bonchev–Trinajstić information content (AvgIpc) is 3.38. The summed E-state index contributed by atoms with van der Waals surface area (Å²) in [5.41, 5.74) is 0.938. The Labute approximate surface area is 198 Å². The number of rotatable bonds is 5. The number of cyclic esters (lactones) is 1. The van der Waals surface area contributed by atoms with Crippen molar-refractivity contribution >= 4 is 19.6 Å². The minimum Gasteiger partial charge on any atom is -0.438 e. The van der Waals surface area contributed by atoms with Crippen molar-refractivity contribution in [3.8, 4) is 22.6 Å². The van der Waals surface area contributed by atoms with Crippen LogP contribution in [-0.2, 0) is 16.3 Å². The highest BCUT2D eigenvalue weighted by molar-refractivity contribution is 7.45. The van der Waals surface area contributed by atoms with Gasteiger partial charge >= 0.3 is 19.8 Å². The van der Waals surface area contributed by atoms with Crippen molar-refractivity contribution in [2.24, 2.45) is 7.05 Å². The minimum absolute atomic E-state index is 0.0489. The van der Waals surface area contributed by atoms with Gasteiger partial charge in [0.15, 0.2) is 6.10 Å². The van der Waals surface area contributed by atoms with Gasteiger partial charge in [0.25, 0.3) is 6.43 Å². The number of ether oxygens (including phenoxy) is 1. The van der Waals surface area contributed by atoms with Crippen LogP contribution in [0.2, 0.25) is 0 Å². The average molecular weight is 536 g/mol. The fourth-order valence-corrected chi connectivity index (χ4v) is 3.00. The highest BCUT2D eigenvalue weighted by atomic mass is 31.2. The maximum atomic E-state index is 14.7. The Morgan fingerprint density at radius 3 is 2.39 bits per heavy atom. The molecule has 0 saturated carbocycles. The lowest BCUT2D eigenvalue weighted by Crippen LogP contribution is -2.46. The molecule has 1 aliphatic rings. The standard InChI is InChI=1S/C18H14F4N6O3.H3O4P/c1-27-25-15(24-26-27)13-5-2-9(7-23-13)11-4-3-10(6-12(11)19)28-8-14(31-17(28)29)18(22,30)16(20)21;1-5(2,3)4/h2-7,14,16,30H,8H2,1H3;(H3,1,2,3,4). The van der Waals surface area contributed by atoms with Crippen molar-refractivity contribution < 1.29 is 51.4 Å². The van der Waals surface area contributed by atoms with E-state index in [1.807, 2.05) is 0 Å². The predicted molar refractivity (Wildman–Crippen MR) is 111 cm³/mol. The summed E-state index contributed by atoms with van der Waals surface area (Å²) in [4.78, 5) is 39.7. The molecule has 1 aliphatic heterocycles. The molecule has 3 aromatic rings. The van der Waals surface area contributed by atoms with E-state index in [-0.39, 0.29) is 11.3 Å². The second-order valence-corrected chi connectivity index (χ2v) is 8.25. The summed E-state index contributed by atoms with van der Waals surface area (Å²) in [5, 5.41) is 20.8. The van der Waals surface area contributed by atoms with Crippen molar-refractivity contribution in [3.63, 3.8) is 0 Å². The first-order chi connectivity index (χ1) is 16.7. The monoisotopic (exact) mass is 536 g/mol. The summed E-state index contributed by atoms with van der Waals surface area (Å²) in [7, 11) is -3.04. The van der Waals surface area contributed by atoms with Gasteiger partial charge in [0, 0.05) is 17.3 Å². The van der Waals surface area contributed by atoms with Crippen molar-refractivity contribution in [2.75, 3.05) is 11.4 Å². The molecule has 1 fully saturated rings. The number of hydrogen-bond acceptors (Lipinski definition) is 8. The molecule has 4 rings (SSSR count). The number of pyridine rings is 1. The molecule has 0 radical (unpaired) electrons. The number of benzene rings is 1. The van der Waals surface area contributed by atoms with Gasteiger partial charge in [-0.05, 0) is 29.5 Å². The third-order valence-electron chi connectivity index (χ3n) is 4.65. The summed E-state index contributed by atoms with van der Waals surface area (Å²) in [6.45, 7) is -0.712. The number of carbonyl (C=O) groups is 1. The molecule has 194 valence electrons. The topological polar surface area (TPSA) is 184 Å². The number of anilines is 1. The normalized spacial score (nSPS) is 17.4. The Hall–Kier alpha value is -3.50. The van der Waals surface area contributed by atoms with Crippen LogP contribution in [-0.4, -0.2) is 76.0 Å². The largest absolute Gasteiger partial charge is 0.466 e. The number of hydrogen-bond donors (Lipinski definition) is 4. The summed E-state index contributed by atoms with van der Waals surface area (Å²) >= 11 is 0. The van der Waals surface area contributed by atoms with E-state index in [0.717, 1.165) is 11.0 Å². The Bertz CT molecular complexity index is 1280. The molecule has 18 heteroatoms. The number of amides is 1. The molecule has 0 bridgehead atoms. The number of aromatic nitrogens is 5. The van der Waals surface area contributed by atoms with Gasteiger partial charge in [-0.3, -0.25) is 9.88 Å². The first kappa shape index (κ1) is 27.1. The van der Waals surface area contributed by atoms with Crippen LogP contribution in [0.3, 0.4) is 0 Å². The van der Waals surface area contributed by atoms with Crippen LogP contribution in [0.15, 0.2) is 36.5 Å². The van der Waals surface area contributed by atoms with Gasteiger partial charge in [-0.1, -0.05) is 6.07 Å². The van der Waals surface area contributed by atoms with Gasteiger partial charge in [-0.25, -0.2) is 26.9 Å². The van der Waals surface area contributed by atoms with Crippen LogP contribution in [0.5, 0.6) is 0 Å². The van der Waals surface area contributed by atoms with Gasteiger partial charge < -0.3 is 24.5 Å². The smallest absolute Gasteiger partial charge is 0.438 e. The quantitative estimate of drug-likeness (QED) is 0.273. The lowest BCUT2D eigenvalue weighted by molar-refractivity contribution is -0.230. The van der Waals surface area contributed by atoms with E-state index in [2.05, 4.69) is 25.1 Å². The SMILES string of the molecule is Cn1nnc(-c2ccc(-c3ccc(N4CC(C(O)(F)C(F)F)OC4=O)cc3F)cn2)n1.O=P(O)(O)O. The first-order valence-electron chi connectivity index (χ1n) is 9.63. The van der Waals surface area contributed by atoms with Gasteiger partial charge in [-0.2, -0.15) is 4.80 Å². The Morgan fingerprint density at radius 2 is 1.89 bits per heavy atom. The van der Waals surface area contributed by atoms with E-state index in [9.17, 15) is 27.5 Å². The van der Waals surface area contributed by atoms with Crippen molar-refractivity contribution in [1.29, 1.82) is 0 Å². The fourth-order valence-electron chi connectivity index (χ4n) is 3.00. The third-order valence-corrected chi connectivity index (χ3v) is 4.65. The number of aryl methyl sites for hydroxylation is 1. The van der Waals surface area contributed by atoms with Gasteiger partial charge in [0.05, 0.1) is 19.3 Å². The van der Waals surface area contributed by atoms with Crippen LogP contribution in [0, 0.1) is 5.82 Å². The summed E-state index contributed by atoms with van der Waals surface area (Å²) in [5.74, 6) is -4.47. The number of alkyl halides is 3. The molecule has 1 saturated heterocycles. The molecule has 36 heavy (non-hydrogen) atoms. The van der Waals surface area contributed by atoms with E-state index in [0.29, 0.717) is 17.1 Å². The van der Waals surface area contributed by atoms with Crippen LogP contribution in [0.25, 0.3) is 22.6 Å². The zero-order valence-electron chi connectivity index (χ0n) is 18.0. The van der Waals surface area contributed by atoms with Crippen LogP contribution in [0.1, 0.15) is 0 Å². The lowest BCUT2D eigenvalue weighted by atomic mass is 10.1. The summed E-state index contributed by atoms with van der Waals surface area (Å²) < 4.78 is 67.1. The predicted octanol–water partition coefficient (Wildman–Crippen LogP) is 1.40. The molecule has 0 spiro atoms. The van der Waals surface area contributed by atoms with E-state index in [1.54, 1.807) is 19.2 Å². The molecule has 13 nitrogen and oxygen atoms in total. The van der Waals surface area contributed by atoms with Crippen molar-refractivity contribution in [1.82, 2.24) is 25.2 Å². The van der Waals surface area contributed by atoms with Gasteiger partial charge in [0.1, 0.15) is 11.5 Å². The first-order valence-corrected chi connectivity index (χ1v) is 11.2. The second kappa shape index (κ2) is 10.2. The number of nitrogens with zero attached hydrogens (tertiary/aromatic N) is 6. The van der Waals surface area contributed by atoms with Gasteiger partial charge in [0.2, 0.25) is 5.82 Å². The molecule has 2 aromatic heterocycles. The number of tetrazole rings is 1. The highest BCUT2D eigenvalue weighted by Gasteiger charge is 2.53. The molecule has 1 amide bonds. The molecular formula is C18H17F4N6O7P. The zero-order valence-corrected chi connectivity index (χ0v) is 18.9. The van der Waals surface area contributed by atoms with Crippen molar-refractivity contribution in [3.05, 3.63) is 42.3 Å². The second-order valence-electron chi connectivity index (χ2n) is 7.22. The van der Waals surface area contributed by atoms with E-state index in [4.69, 9.17) is 19.2 Å². The van der Waals surface area contributed by atoms with Crippen LogP contribution < -0.4 is 4.90 Å². The van der Waals surface area contributed by atoms with E-state index >= 15 is 0 Å². The van der Waals surface area contributed by atoms with Crippen molar-refractivity contribution in [2.45, 2.75) is 18.4 Å². The maximum Gasteiger partial charge on any atom is 0.466 e. The Kier molecular flexibility index (Phi) is 7.70. The van der Waals surface area contributed by atoms with Crippen LogP contribution >= 0.6 is 7.82 Å². The van der Waals surface area contributed by atoms with E-state index in [1.165, 1.54) is 23.1 Å². The number of carbonyl (C=O) groups excluding carboxylic acids is 1. The minimum atomic E-state index is -4.64. The Balaban J connectivity index is 0.000000658. The molecule has 4 N–H and O–H groups in total.